The Morgan fingerprint density at radius 3 is 2.68 bits per heavy atom. The zero-order valence-corrected chi connectivity index (χ0v) is 19.2. The molecular formula is C26H33N3OS. The molecule has 4 rings (SSSR count). The largest absolute Gasteiger partial charge is 0.485 e. The molecule has 1 atom stereocenters. The van der Waals surface area contributed by atoms with Crippen LogP contribution >= 0.6 is 11.3 Å². The first kappa shape index (κ1) is 22.0. The van der Waals surface area contributed by atoms with Crippen LogP contribution in [0.4, 0.5) is 0 Å². The van der Waals surface area contributed by atoms with E-state index in [4.69, 9.17) is 4.74 Å². The summed E-state index contributed by atoms with van der Waals surface area (Å²) >= 11 is 1.77. The lowest BCUT2D eigenvalue weighted by atomic mass is 9.93. The first-order valence-corrected chi connectivity index (χ1v) is 12.3. The van der Waals surface area contributed by atoms with Crippen LogP contribution in [0.15, 0.2) is 66.2 Å². The second kappa shape index (κ2) is 11.4. The summed E-state index contributed by atoms with van der Waals surface area (Å²) in [4.78, 5) is 8.45. The monoisotopic (exact) mass is 435 g/mol. The minimum absolute atomic E-state index is 0.0997. The van der Waals surface area contributed by atoms with Gasteiger partial charge in [0.05, 0.1) is 0 Å². The van der Waals surface area contributed by atoms with Crippen molar-refractivity contribution in [2.45, 2.75) is 37.7 Å². The van der Waals surface area contributed by atoms with Gasteiger partial charge in [-0.3, -0.25) is 4.98 Å². The topological polar surface area (TPSA) is 37.4 Å². The molecule has 0 bridgehead atoms. The number of thiophene rings is 1. The van der Waals surface area contributed by atoms with E-state index in [-0.39, 0.29) is 6.10 Å². The van der Waals surface area contributed by atoms with Crippen molar-refractivity contribution in [3.8, 4) is 5.75 Å². The van der Waals surface area contributed by atoms with Crippen molar-refractivity contribution in [1.82, 2.24) is 15.2 Å². The van der Waals surface area contributed by atoms with Crippen LogP contribution in [0.3, 0.4) is 0 Å². The third-order valence-electron chi connectivity index (χ3n) is 6.15. The molecular weight excluding hydrogens is 402 g/mol. The van der Waals surface area contributed by atoms with Crippen LogP contribution in [0.5, 0.6) is 5.75 Å². The van der Waals surface area contributed by atoms with Gasteiger partial charge in [-0.2, -0.15) is 0 Å². The molecule has 2 aromatic heterocycles. The Morgan fingerprint density at radius 2 is 1.94 bits per heavy atom. The average molecular weight is 436 g/mol. The minimum Gasteiger partial charge on any atom is -0.485 e. The second-order valence-electron chi connectivity index (χ2n) is 8.24. The van der Waals surface area contributed by atoms with Crippen LogP contribution < -0.4 is 10.1 Å². The lowest BCUT2D eigenvalue weighted by Crippen LogP contribution is -2.34. The number of hydrogen-bond acceptors (Lipinski definition) is 5. The van der Waals surface area contributed by atoms with E-state index in [1.165, 1.54) is 29.0 Å². The van der Waals surface area contributed by atoms with Gasteiger partial charge in [0.15, 0.2) is 0 Å². The van der Waals surface area contributed by atoms with Crippen LogP contribution in [0.1, 0.15) is 47.4 Å². The molecule has 1 aliphatic rings. The highest BCUT2D eigenvalue weighted by Crippen LogP contribution is 2.31. The number of benzene rings is 1. The Kier molecular flexibility index (Phi) is 8.11. The molecule has 1 N–H and O–H groups in total. The SMILES string of the molecule is CNCCC(Oc1ccccc1CCN1CCC(c2ccccn2)CC1)c1cccs1. The van der Waals surface area contributed by atoms with E-state index >= 15 is 0 Å². The van der Waals surface area contributed by atoms with Crippen LogP contribution in [0.25, 0.3) is 0 Å². The zero-order chi connectivity index (χ0) is 21.3. The zero-order valence-electron chi connectivity index (χ0n) is 18.4. The van der Waals surface area contributed by atoms with Gasteiger partial charge in [0.2, 0.25) is 0 Å². The molecule has 1 aliphatic heterocycles. The van der Waals surface area contributed by atoms with Crippen LogP contribution in [0, 0.1) is 0 Å². The van der Waals surface area contributed by atoms with Crippen molar-refractivity contribution in [2.24, 2.45) is 0 Å². The average Bonchev–Trinajstić information content (AvgIpc) is 3.37. The van der Waals surface area contributed by atoms with Gasteiger partial charge in [0.1, 0.15) is 11.9 Å². The summed E-state index contributed by atoms with van der Waals surface area (Å²) in [7, 11) is 2.00. The summed E-state index contributed by atoms with van der Waals surface area (Å²) < 4.78 is 6.55. The van der Waals surface area contributed by atoms with Crippen LogP contribution in [-0.2, 0) is 6.42 Å². The molecule has 1 fully saturated rings. The van der Waals surface area contributed by atoms with Gasteiger partial charge >= 0.3 is 0 Å². The van der Waals surface area contributed by atoms with Gasteiger partial charge in [-0.05, 0) is 81.2 Å². The van der Waals surface area contributed by atoms with Crippen molar-refractivity contribution >= 4 is 11.3 Å². The van der Waals surface area contributed by atoms with E-state index in [9.17, 15) is 0 Å². The number of para-hydroxylation sites is 1. The molecule has 0 saturated carbocycles. The highest BCUT2D eigenvalue weighted by molar-refractivity contribution is 7.10. The number of likely N-dealkylation sites (tertiary alicyclic amines) is 1. The van der Waals surface area contributed by atoms with Crippen molar-refractivity contribution in [3.63, 3.8) is 0 Å². The Balaban J connectivity index is 1.33. The van der Waals surface area contributed by atoms with E-state index in [0.29, 0.717) is 5.92 Å². The number of nitrogens with one attached hydrogen (secondary N) is 1. The van der Waals surface area contributed by atoms with Gasteiger partial charge < -0.3 is 15.0 Å². The van der Waals surface area contributed by atoms with Crippen molar-refractivity contribution in [1.29, 1.82) is 0 Å². The number of rotatable bonds is 10. The minimum atomic E-state index is 0.0997. The summed E-state index contributed by atoms with van der Waals surface area (Å²) in [5.41, 5.74) is 2.56. The number of hydrogen-bond donors (Lipinski definition) is 1. The maximum absolute atomic E-state index is 6.55. The van der Waals surface area contributed by atoms with Crippen LogP contribution in [0.2, 0.25) is 0 Å². The van der Waals surface area contributed by atoms with E-state index in [2.05, 4.69) is 69.1 Å². The predicted octanol–water partition coefficient (Wildman–Crippen LogP) is 5.29. The van der Waals surface area contributed by atoms with Crippen molar-refractivity contribution in [2.75, 3.05) is 33.2 Å². The molecule has 3 aromatic rings. The third kappa shape index (κ3) is 6.16. The molecule has 4 nitrogen and oxygen atoms in total. The lowest BCUT2D eigenvalue weighted by Gasteiger charge is -2.31. The Labute approximate surface area is 190 Å². The van der Waals surface area contributed by atoms with Gasteiger partial charge in [-0.25, -0.2) is 0 Å². The van der Waals surface area contributed by atoms with Gasteiger partial charge in [0, 0.05) is 35.7 Å². The fourth-order valence-corrected chi connectivity index (χ4v) is 5.13. The number of pyridine rings is 1. The van der Waals surface area contributed by atoms with E-state index in [1.807, 2.05) is 19.3 Å². The normalized spacial score (nSPS) is 16.3. The molecule has 0 radical (unpaired) electrons. The molecule has 31 heavy (non-hydrogen) atoms. The highest BCUT2D eigenvalue weighted by atomic mass is 32.1. The van der Waals surface area contributed by atoms with E-state index < -0.39 is 0 Å². The first-order valence-electron chi connectivity index (χ1n) is 11.4. The number of ether oxygens (including phenoxy) is 1. The summed E-state index contributed by atoms with van der Waals surface area (Å²) in [6.45, 7) is 4.31. The number of piperidine rings is 1. The Morgan fingerprint density at radius 1 is 1.10 bits per heavy atom. The molecule has 1 aromatic carbocycles. The number of aromatic nitrogens is 1. The smallest absolute Gasteiger partial charge is 0.134 e. The summed E-state index contributed by atoms with van der Waals surface area (Å²) in [6.07, 6.45) is 6.39. The first-order chi connectivity index (χ1) is 15.3. The molecule has 0 spiro atoms. The second-order valence-corrected chi connectivity index (χ2v) is 9.22. The molecule has 1 unspecified atom stereocenters. The fraction of sp³-hybridized carbons (Fsp3) is 0.423. The highest BCUT2D eigenvalue weighted by Gasteiger charge is 2.22. The molecule has 5 heteroatoms. The van der Waals surface area contributed by atoms with Crippen molar-refractivity contribution < 1.29 is 4.74 Å². The van der Waals surface area contributed by atoms with Crippen molar-refractivity contribution in [3.05, 3.63) is 82.3 Å². The summed E-state index contributed by atoms with van der Waals surface area (Å²) in [5, 5.41) is 5.39. The standard InChI is InChI=1S/C26H33N3OS/c1-27-16-11-25(26-10-6-20-31-26)30-24-9-3-2-7-22(24)14-19-29-17-12-21(13-18-29)23-8-4-5-15-28-23/h2-10,15,20-21,25,27H,11-14,16-19H2,1H3. The molecule has 0 amide bonds. The van der Waals surface area contributed by atoms with Gasteiger partial charge in [0.25, 0.3) is 0 Å². The summed E-state index contributed by atoms with van der Waals surface area (Å²) in [6, 6.07) is 19.1. The van der Waals surface area contributed by atoms with Crippen LogP contribution in [-0.4, -0.2) is 43.1 Å². The molecule has 164 valence electrons. The van der Waals surface area contributed by atoms with E-state index in [1.54, 1.807) is 11.3 Å². The van der Waals surface area contributed by atoms with E-state index in [0.717, 1.165) is 44.8 Å². The molecule has 1 saturated heterocycles. The van der Waals surface area contributed by atoms with Gasteiger partial charge in [-0.15, -0.1) is 11.3 Å². The molecule has 3 heterocycles. The lowest BCUT2D eigenvalue weighted by molar-refractivity contribution is 0.192. The summed E-state index contributed by atoms with van der Waals surface area (Å²) in [5.74, 6) is 1.63. The van der Waals surface area contributed by atoms with Gasteiger partial charge in [-0.1, -0.05) is 30.3 Å². The third-order valence-corrected chi connectivity index (χ3v) is 7.11. The maximum Gasteiger partial charge on any atom is 0.134 e. The fourth-order valence-electron chi connectivity index (χ4n) is 4.34. The maximum atomic E-state index is 6.55. The quantitative estimate of drug-likeness (QED) is 0.469. The molecule has 0 aliphatic carbocycles. The predicted molar refractivity (Wildman–Crippen MR) is 129 cm³/mol. The Hall–Kier alpha value is -2.21. The number of nitrogens with zero attached hydrogens (tertiary/aromatic N) is 2. The Bertz CT molecular complexity index is 892.